The highest BCUT2D eigenvalue weighted by molar-refractivity contribution is 5.94. The zero-order valence-electron chi connectivity index (χ0n) is 10.9. The number of carbonyl (C=O) groups is 1. The molecule has 0 heterocycles. The molecule has 2 rings (SSSR count). The molecule has 2 aromatic carbocycles. The molecule has 0 bridgehead atoms. The van der Waals surface area contributed by atoms with E-state index >= 15 is 0 Å². The average Bonchev–Trinajstić information content (AvgIpc) is 2.44. The van der Waals surface area contributed by atoms with Crippen molar-refractivity contribution >= 4 is 17.3 Å². The molecule has 0 aliphatic heterocycles. The van der Waals surface area contributed by atoms with Crippen LogP contribution in [0.3, 0.4) is 0 Å². The van der Waals surface area contributed by atoms with Gasteiger partial charge in [-0.25, -0.2) is 8.78 Å². The number of para-hydroxylation sites is 2. The normalized spacial score (nSPS) is 10.2. The van der Waals surface area contributed by atoms with E-state index in [1.807, 2.05) is 30.3 Å². The van der Waals surface area contributed by atoms with Gasteiger partial charge in [0.1, 0.15) is 17.3 Å². The van der Waals surface area contributed by atoms with Crippen LogP contribution in [0.25, 0.3) is 0 Å². The number of carbonyl (C=O) groups excluding carboxylic acids is 1. The van der Waals surface area contributed by atoms with E-state index in [1.54, 1.807) is 11.9 Å². The first-order valence-electron chi connectivity index (χ1n) is 6.08. The maximum absolute atomic E-state index is 13.4. The quantitative estimate of drug-likeness (QED) is 0.931. The number of nitrogens with one attached hydrogen (secondary N) is 1. The molecule has 1 amide bonds. The lowest BCUT2D eigenvalue weighted by atomic mass is 10.2. The average molecular weight is 276 g/mol. The third-order valence-electron chi connectivity index (χ3n) is 2.80. The number of amides is 1. The molecule has 0 radical (unpaired) electrons. The summed E-state index contributed by atoms with van der Waals surface area (Å²) in [7, 11) is 1.73. The first-order chi connectivity index (χ1) is 9.58. The minimum atomic E-state index is -0.791. The molecule has 0 spiro atoms. The Kier molecular flexibility index (Phi) is 4.30. The van der Waals surface area contributed by atoms with Crippen molar-refractivity contribution < 1.29 is 13.6 Å². The Hall–Kier alpha value is -2.43. The van der Waals surface area contributed by atoms with E-state index in [-0.39, 0.29) is 6.54 Å². The summed E-state index contributed by atoms with van der Waals surface area (Å²) in [5, 5.41) is 2.25. The number of rotatable bonds is 4. The van der Waals surface area contributed by atoms with Crippen LogP contribution in [0.4, 0.5) is 20.2 Å². The van der Waals surface area contributed by atoms with Gasteiger partial charge in [0, 0.05) is 12.7 Å². The second kappa shape index (κ2) is 6.14. The molecular weight excluding hydrogens is 262 g/mol. The van der Waals surface area contributed by atoms with Gasteiger partial charge in [-0.15, -0.1) is 0 Å². The van der Waals surface area contributed by atoms with E-state index in [0.29, 0.717) is 0 Å². The van der Waals surface area contributed by atoms with Crippen molar-refractivity contribution in [1.82, 2.24) is 0 Å². The zero-order chi connectivity index (χ0) is 14.5. The largest absolute Gasteiger partial charge is 0.365 e. The van der Waals surface area contributed by atoms with Crippen molar-refractivity contribution in [3.05, 3.63) is 60.2 Å². The summed E-state index contributed by atoms with van der Waals surface area (Å²) in [5.41, 5.74) is 0.426. The van der Waals surface area contributed by atoms with Crippen LogP contribution in [0, 0.1) is 11.6 Å². The van der Waals surface area contributed by atoms with Crippen LogP contribution in [0.15, 0.2) is 48.5 Å². The number of benzene rings is 2. The lowest BCUT2D eigenvalue weighted by molar-refractivity contribution is -0.115. The second-order valence-corrected chi connectivity index (χ2v) is 4.34. The standard InChI is InChI=1S/C15H14F2N2O/c1-19(11-6-3-2-4-7-11)10-14(20)18-15-12(16)8-5-9-13(15)17/h2-9H,10H2,1H3,(H,18,20). The van der Waals surface area contributed by atoms with Crippen LogP contribution in [-0.2, 0) is 4.79 Å². The molecule has 0 saturated heterocycles. The van der Waals surface area contributed by atoms with Crippen LogP contribution < -0.4 is 10.2 Å². The van der Waals surface area contributed by atoms with Crippen LogP contribution in [0.2, 0.25) is 0 Å². The number of hydrogen-bond donors (Lipinski definition) is 1. The fourth-order valence-corrected chi connectivity index (χ4v) is 1.79. The predicted octanol–water partition coefficient (Wildman–Crippen LogP) is 3.04. The maximum atomic E-state index is 13.4. The van der Waals surface area contributed by atoms with Crippen LogP contribution in [0.5, 0.6) is 0 Å². The number of likely N-dealkylation sites (N-methyl/N-ethyl adjacent to an activating group) is 1. The third kappa shape index (κ3) is 3.32. The summed E-state index contributed by atoms with van der Waals surface area (Å²) in [5.74, 6) is -2.07. The lowest BCUT2D eigenvalue weighted by Gasteiger charge is -2.18. The molecule has 0 saturated carbocycles. The SMILES string of the molecule is CN(CC(=O)Nc1c(F)cccc1F)c1ccccc1. The van der Waals surface area contributed by atoms with Crippen LogP contribution >= 0.6 is 0 Å². The summed E-state index contributed by atoms with van der Waals surface area (Å²) < 4.78 is 26.8. The Morgan fingerprint density at radius 1 is 1.05 bits per heavy atom. The van der Waals surface area contributed by atoms with Crippen molar-refractivity contribution in [2.24, 2.45) is 0 Å². The number of nitrogens with zero attached hydrogens (tertiary/aromatic N) is 1. The van der Waals surface area contributed by atoms with Gasteiger partial charge in [0.05, 0.1) is 6.54 Å². The van der Waals surface area contributed by atoms with Crippen molar-refractivity contribution in [3.8, 4) is 0 Å². The molecule has 0 aliphatic carbocycles. The highest BCUT2D eigenvalue weighted by atomic mass is 19.1. The van der Waals surface area contributed by atoms with Gasteiger partial charge in [-0.2, -0.15) is 0 Å². The van der Waals surface area contributed by atoms with Gasteiger partial charge in [0.15, 0.2) is 0 Å². The fraction of sp³-hybridized carbons (Fsp3) is 0.133. The van der Waals surface area contributed by atoms with Crippen molar-refractivity contribution in [1.29, 1.82) is 0 Å². The molecule has 0 atom stereocenters. The second-order valence-electron chi connectivity index (χ2n) is 4.34. The maximum Gasteiger partial charge on any atom is 0.244 e. The summed E-state index contributed by atoms with van der Waals surface area (Å²) in [6.07, 6.45) is 0. The molecule has 0 aliphatic rings. The minimum absolute atomic E-state index is 0.00219. The zero-order valence-corrected chi connectivity index (χ0v) is 10.9. The summed E-state index contributed by atoms with van der Waals surface area (Å²) in [6.45, 7) is -0.00219. The number of hydrogen-bond acceptors (Lipinski definition) is 2. The summed E-state index contributed by atoms with van der Waals surface area (Å²) in [4.78, 5) is 13.5. The van der Waals surface area contributed by atoms with Crippen LogP contribution in [-0.4, -0.2) is 19.5 Å². The highest BCUT2D eigenvalue weighted by Crippen LogP contribution is 2.18. The van der Waals surface area contributed by atoms with E-state index in [0.717, 1.165) is 17.8 Å². The Morgan fingerprint density at radius 2 is 1.65 bits per heavy atom. The smallest absolute Gasteiger partial charge is 0.244 e. The first kappa shape index (κ1) is 14.0. The monoisotopic (exact) mass is 276 g/mol. The van der Waals surface area contributed by atoms with Crippen LogP contribution in [0.1, 0.15) is 0 Å². The fourth-order valence-electron chi connectivity index (χ4n) is 1.79. The van der Waals surface area contributed by atoms with Crippen molar-refractivity contribution in [3.63, 3.8) is 0 Å². The molecule has 3 nitrogen and oxygen atoms in total. The minimum Gasteiger partial charge on any atom is -0.365 e. The third-order valence-corrected chi connectivity index (χ3v) is 2.80. The first-order valence-corrected chi connectivity index (χ1v) is 6.08. The Morgan fingerprint density at radius 3 is 2.25 bits per heavy atom. The topological polar surface area (TPSA) is 32.3 Å². The summed E-state index contributed by atoms with van der Waals surface area (Å²) >= 11 is 0. The van der Waals surface area contributed by atoms with Gasteiger partial charge in [-0.3, -0.25) is 4.79 Å². The number of anilines is 2. The molecule has 0 aromatic heterocycles. The predicted molar refractivity (Wildman–Crippen MR) is 74.7 cm³/mol. The van der Waals surface area contributed by atoms with E-state index in [1.165, 1.54) is 6.07 Å². The van der Waals surface area contributed by atoms with Gasteiger partial charge in [0.25, 0.3) is 0 Å². The van der Waals surface area contributed by atoms with E-state index < -0.39 is 23.2 Å². The van der Waals surface area contributed by atoms with Gasteiger partial charge < -0.3 is 10.2 Å². The molecule has 0 unspecified atom stereocenters. The Bertz CT molecular complexity index is 582. The summed E-state index contributed by atoms with van der Waals surface area (Å²) in [6, 6.07) is 12.7. The van der Waals surface area contributed by atoms with E-state index in [4.69, 9.17) is 0 Å². The van der Waals surface area contributed by atoms with Crippen molar-refractivity contribution in [2.45, 2.75) is 0 Å². The molecule has 20 heavy (non-hydrogen) atoms. The molecule has 0 fully saturated rings. The molecule has 104 valence electrons. The van der Waals surface area contributed by atoms with E-state index in [2.05, 4.69) is 5.32 Å². The molecule has 2 aromatic rings. The Labute approximate surface area is 115 Å². The van der Waals surface area contributed by atoms with Gasteiger partial charge in [-0.1, -0.05) is 24.3 Å². The molecular formula is C15H14F2N2O. The van der Waals surface area contributed by atoms with Gasteiger partial charge in [0.2, 0.25) is 5.91 Å². The lowest BCUT2D eigenvalue weighted by Crippen LogP contribution is -2.30. The van der Waals surface area contributed by atoms with Gasteiger partial charge >= 0.3 is 0 Å². The molecule has 5 heteroatoms. The highest BCUT2D eigenvalue weighted by Gasteiger charge is 2.13. The molecule has 1 N–H and O–H groups in total. The number of halogens is 2. The van der Waals surface area contributed by atoms with E-state index in [9.17, 15) is 13.6 Å². The van der Waals surface area contributed by atoms with Gasteiger partial charge in [-0.05, 0) is 24.3 Å². The Balaban J connectivity index is 2.03. The van der Waals surface area contributed by atoms with Crippen molar-refractivity contribution in [2.75, 3.05) is 23.8 Å².